The molecule has 4 N–H and O–H groups in total. The zero-order valence-electron chi connectivity index (χ0n) is 43.4. The van der Waals surface area contributed by atoms with E-state index < -0.39 is 102 Å². The van der Waals surface area contributed by atoms with E-state index in [1.165, 1.54) is 91.9 Å². The van der Waals surface area contributed by atoms with Gasteiger partial charge in [-0.2, -0.15) is 33.7 Å². The van der Waals surface area contributed by atoms with E-state index in [9.17, 15) is 58.8 Å². The molecule has 0 aliphatic heterocycles. The van der Waals surface area contributed by atoms with Gasteiger partial charge in [-0.25, -0.2) is 0 Å². The molecule has 10 aromatic rings. The van der Waals surface area contributed by atoms with Crippen LogP contribution in [0.4, 0.5) is 22.7 Å². The lowest BCUT2D eigenvalue weighted by molar-refractivity contribution is 0.427. The van der Waals surface area contributed by atoms with Crippen LogP contribution in [0.25, 0.3) is 63.0 Å². The fourth-order valence-electron chi connectivity index (χ4n) is 9.64. The van der Waals surface area contributed by atoms with Crippen LogP contribution in [0.2, 0.25) is 0 Å². The van der Waals surface area contributed by atoms with Crippen molar-refractivity contribution in [2.75, 3.05) is 0 Å². The van der Waals surface area contributed by atoms with E-state index in [0.717, 1.165) is 54.6 Å². The molecular weight excluding hydrogens is 1170 g/mol. The molecule has 0 radical (unpaired) electrons. The topological polar surface area (TPSA) is 367 Å². The monoisotopic (exact) mass is 1210 g/mol. The third kappa shape index (κ3) is 9.67. The second-order valence-electron chi connectivity index (χ2n) is 18.7. The third-order valence-electron chi connectivity index (χ3n) is 13.9. The molecule has 0 aliphatic carbocycles. The predicted molar refractivity (Wildman–Crippen MR) is 303 cm³/mol. The lowest BCUT2D eigenvalue weighted by atomic mass is 9.92. The van der Waals surface area contributed by atoms with E-state index in [1.807, 2.05) is 0 Å². The number of phenols is 4. The number of hydrogen-bond acceptors (Lipinski definition) is 20. The van der Waals surface area contributed by atoms with Crippen molar-refractivity contribution in [2.24, 2.45) is 0 Å². The van der Waals surface area contributed by atoms with E-state index in [1.54, 1.807) is 13.8 Å². The van der Waals surface area contributed by atoms with Crippen LogP contribution in [-0.4, -0.2) is 54.1 Å². The fraction of sp³-hybridized carbons (Fsp3) is 0.0714. The third-order valence-corrected chi connectivity index (χ3v) is 19.1. The molecular formula is C56H38N8O16S4+4. The molecule has 0 heterocycles. The molecule has 0 amide bonds. The van der Waals surface area contributed by atoms with Crippen LogP contribution in [0.1, 0.15) is 27.8 Å². The molecule has 0 aliphatic rings. The maximum Gasteiger partial charge on any atom is 0.426 e. The first-order valence-corrected chi connectivity index (χ1v) is 29.9. The van der Waals surface area contributed by atoms with Gasteiger partial charge in [-0.05, 0) is 104 Å². The van der Waals surface area contributed by atoms with Crippen molar-refractivity contribution in [3.05, 3.63) is 187 Å². The quantitative estimate of drug-likeness (QED) is 0.0580. The molecule has 84 heavy (non-hydrogen) atoms. The summed E-state index contributed by atoms with van der Waals surface area (Å²) in [5.74, 6) is -5.89. The number of fused-ring (bicyclic) bond motifs is 4. The molecule has 10 aromatic carbocycles. The fourth-order valence-corrected chi connectivity index (χ4v) is 14.3. The minimum absolute atomic E-state index is 0.0216. The summed E-state index contributed by atoms with van der Waals surface area (Å²) in [4.78, 5) is 9.65. The SMILES string of the molecule is Cc1cc(OS(=O)(=O)c2cccc3c(O)c([N+]#N)ccc23)c(C)c(C)c1Cc1ccc(OS(=O)(=O)c2cccc3c(O)c([N+]#N)ccc23)c(OS(=O)(=O)c2cccc3c(O)c([N+]#N)ccc23)c1OS(=O)(=O)c1cccc2c(O)c([N+]#N)ccc12. The Morgan fingerprint density at radius 3 is 1.04 bits per heavy atom. The highest BCUT2D eigenvalue weighted by Crippen LogP contribution is 2.49. The molecule has 0 spiro atoms. The van der Waals surface area contributed by atoms with E-state index in [-0.39, 0.29) is 93.2 Å². The average molecular weight is 1210 g/mol. The number of nitrogens with zero attached hydrogens (tertiary/aromatic N) is 8. The highest BCUT2D eigenvalue weighted by molar-refractivity contribution is 7.88. The number of aromatic hydroxyl groups is 4. The lowest BCUT2D eigenvalue weighted by Gasteiger charge is -2.22. The predicted octanol–water partition coefficient (Wildman–Crippen LogP) is 12.6. The van der Waals surface area contributed by atoms with E-state index in [2.05, 4.69) is 19.9 Å². The lowest BCUT2D eigenvalue weighted by Crippen LogP contribution is -2.18. The van der Waals surface area contributed by atoms with Gasteiger partial charge in [0.1, 0.15) is 25.3 Å². The number of hydrogen-bond donors (Lipinski definition) is 4. The molecule has 0 atom stereocenters. The number of phenolic OH excluding ortho intramolecular Hbond substituents is 4. The number of benzene rings is 10. The number of diazo groups is 4. The number of aryl methyl sites for hydroxylation is 1. The van der Waals surface area contributed by atoms with Gasteiger partial charge in [0.2, 0.25) is 50.3 Å². The largest absolute Gasteiger partial charge is 0.501 e. The van der Waals surface area contributed by atoms with Crippen LogP contribution in [0, 0.1) is 42.3 Å². The first-order chi connectivity index (χ1) is 39.9. The van der Waals surface area contributed by atoms with Crippen molar-refractivity contribution in [3.8, 4) is 46.0 Å². The van der Waals surface area contributed by atoms with Gasteiger partial charge >= 0.3 is 63.2 Å². The van der Waals surface area contributed by atoms with Crippen LogP contribution < -0.4 is 16.7 Å². The summed E-state index contributed by atoms with van der Waals surface area (Å²) in [5.41, 5.74) is -0.376. The minimum Gasteiger partial charge on any atom is -0.501 e. The molecule has 0 aromatic heterocycles. The summed E-state index contributed by atoms with van der Waals surface area (Å²) >= 11 is 0. The second kappa shape index (κ2) is 20.9. The Morgan fingerprint density at radius 2 is 0.690 bits per heavy atom. The highest BCUT2D eigenvalue weighted by atomic mass is 32.2. The van der Waals surface area contributed by atoms with Gasteiger partial charge in [0.25, 0.3) is 0 Å². The van der Waals surface area contributed by atoms with Gasteiger partial charge in [0.15, 0.2) is 31.4 Å². The van der Waals surface area contributed by atoms with Crippen molar-refractivity contribution >= 4 is 106 Å². The van der Waals surface area contributed by atoms with Crippen molar-refractivity contribution in [1.82, 2.24) is 0 Å². The van der Waals surface area contributed by atoms with Crippen LogP contribution in [0.5, 0.6) is 46.0 Å². The van der Waals surface area contributed by atoms with Crippen LogP contribution in [0.15, 0.2) is 159 Å². The summed E-state index contributed by atoms with van der Waals surface area (Å²) in [5, 5.41) is 80.4. The zero-order chi connectivity index (χ0) is 60.4. The Labute approximate surface area is 476 Å². The Balaban J connectivity index is 1.19. The molecule has 0 bridgehead atoms. The first kappa shape index (κ1) is 56.4. The molecule has 28 heteroatoms. The first-order valence-electron chi connectivity index (χ1n) is 24.3. The molecule has 0 saturated carbocycles. The van der Waals surface area contributed by atoms with E-state index >= 15 is 16.8 Å². The summed E-state index contributed by atoms with van der Waals surface area (Å²) < 4.78 is 141. The maximum absolute atomic E-state index is 15.1. The standard InChI is InChI=1S/C56H34N8O16S4/c1-28-26-46(78-82(71,72)48-13-5-9-37-33(48)18-22-42(62-58)52(37)66)30(3)29(2)40(28)27-31-16-25-45(77-81(69,70)47-12-4-8-36-32(47)17-21-41(61-57)51(36)65)56(80-84(75,76)50-15-7-11-39-35(50)20-24-44(64-60)54(39)68)55(31)79-83(73,74)49-14-6-10-38-34(49)19-23-43(63-59)53(38)67/h4-26H,27H2,1-3H3/p+4. The zero-order valence-corrected chi connectivity index (χ0v) is 46.7. The van der Waals surface area contributed by atoms with Crippen molar-refractivity contribution < 1.29 is 70.8 Å². The van der Waals surface area contributed by atoms with Crippen molar-refractivity contribution in [1.29, 1.82) is 21.6 Å². The van der Waals surface area contributed by atoms with Gasteiger partial charge in [0, 0.05) is 79.3 Å². The van der Waals surface area contributed by atoms with Gasteiger partial charge in [0.05, 0.1) is 0 Å². The average Bonchev–Trinajstić information content (AvgIpc) is 1.43. The molecule has 24 nitrogen and oxygen atoms in total. The Morgan fingerprint density at radius 1 is 0.369 bits per heavy atom. The normalized spacial score (nSPS) is 11.8. The van der Waals surface area contributed by atoms with E-state index in [0.29, 0.717) is 11.1 Å². The molecule has 418 valence electrons. The van der Waals surface area contributed by atoms with Gasteiger partial charge in [-0.15, -0.1) is 0 Å². The van der Waals surface area contributed by atoms with Crippen LogP contribution in [-0.2, 0) is 46.9 Å². The van der Waals surface area contributed by atoms with Gasteiger partial charge < -0.3 is 37.2 Å². The second-order valence-corrected chi connectivity index (χ2v) is 24.7. The molecule has 0 fully saturated rings. The molecule has 0 unspecified atom stereocenters. The Kier molecular flexibility index (Phi) is 14.0. The highest BCUT2D eigenvalue weighted by Gasteiger charge is 2.36. The van der Waals surface area contributed by atoms with Gasteiger partial charge in [-0.3, -0.25) is 0 Å². The minimum atomic E-state index is -5.43. The summed E-state index contributed by atoms with van der Waals surface area (Å²) in [6, 6.07) is 27.2. The molecule has 10 rings (SSSR count). The van der Waals surface area contributed by atoms with Crippen LogP contribution in [0.3, 0.4) is 0 Å². The van der Waals surface area contributed by atoms with Crippen molar-refractivity contribution in [2.45, 2.75) is 46.8 Å². The van der Waals surface area contributed by atoms with Crippen molar-refractivity contribution in [3.63, 3.8) is 0 Å². The molecule has 0 saturated heterocycles. The summed E-state index contributed by atoms with van der Waals surface area (Å²) in [7, 11) is -20.8. The smallest absolute Gasteiger partial charge is 0.426 e. The Bertz CT molecular complexity index is 5230. The van der Waals surface area contributed by atoms with Gasteiger partial charge in [-0.1, -0.05) is 54.6 Å². The summed E-state index contributed by atoms with van der Waals surface area (Å²) in [6.45, 7) is 4.62. The number of rotatable bonds is 14. The van der Waals surface area contributed by atoms with Crippen LogP contribution >= 0.6 is 0 Å². The summed E-state index contributed by atoms with van der Waals surface area (Å²) in [6.07, 6.45) is -0.450. The van der Waals surface area contributed by atoms with E-state index in [4.69, 9.17) is 16.7 Å². The maximum atomic E-state index is 15.1. The Hall–Kier alpha value is -10.9.